The summed E-state index contributed by atoms with van der Waals surface area (Å²) in [5.41, 5.74) is 0.0278. The Labute approximate surface area is 78.6 Å². The number of rotatable bonds is 4. The van der Waals surface area contributed by atoms with E-state index in [0.717, 1.165) is 0 Å². The molecule has 0 fully saturated rings. The largest absolute Gasteiger partial charge is 0.302 e. The number of hydrogen-bond donors (Lipinski definition) is 0. The number of hydrogen-bond acceptors (Lipinski definition) is 4. The third kappa shape index (κ3) is 3.83. The maximum absolute atomic E-state index is 11.4. The summed E-state index contributed by atoms with van der Waals surface area (Å²) >= 11 is 0. The van der Waals surface area contributed by atoms with E-state index in [1.54, 1.807) is 27.9 Å². The SMILES string of the molecule is CC(=O)/C(=N\N(C)C)C(=O)C(C)C. The van der Waals surface area contributed by atoms with Gasteiger partial charge in [0.2, 0.25) is 0 Å². The van der Waals surface area contributed by atoms with Gasteiger partial charge in [-0.15, -0.1) is 0 Å². The van der Waals surface area contributed by atoms with Gasteiger partial charge in [0, 0.05) is 26.9 Å². The molecule has 0 aromatic rings. The van der Waals surface area contributed by atoms with Gasteiger partial charge in [-0.1, -0.05) is 13.8 Å². The maximum atomic E-state index is 11.4. The third-order valence-corrected chi connectivity index (χ3v) is 1.39. The molecule has 0 aliphatic carbocycles. The van der Waals surface area contributed by atoms with Crippen molar-refractivity contribution < 1.29 is 9.59 Å². The minimum absolute atomic E-state index is 0.0278. The minimum atomic E-state index is -0.285. The molecule has 0 unspecified atom stereocenters. The van der Waals surface area contributed by atoms with Gasteiger partial charge in [0.15, 0.2) is 17.3 Å². The van der Waals surface area contributed by atoms with Gasteiger partial charge in [0.05, 0.1) is 0 Å². The number of ketones is 2. The van der Waals surface area contributed by atoms with Crippen LogP contribution in [-0.2, 0) is 9.59 Å². The highest BCUT2D eigenvalue weighted by molar-refractivity contribution is 6.65. The lowest BCUT2D eigenvalue weighted by Gasteiger charge is -2.09. The van der Waals surface area contributed by atoms with E-state index in [9.17, 15) is 9.59 Å². The lowest BCUT2D eigenvalue weighted by molar-refractivity contribution is -0.118. The molecule has 74 valence electrons. The van der Waals surface area contributed by atoms with Crippen LogP contribution in [0.25, 0.3) is 0 Å². The van der Waals surface area contributed by atoms with Gasteiger partial charge in [0.25, 0.3) is 0 Å². The van der Waals surface area contributed by atoms with Crippen LogP contribution in [0.15, 0.2) is 5.10 Å². The Kier molecular flexibility index (Phi) is 4.31. The first-order valence-electron chi connectivity index (χ1n) is 4.17. The molecular weight excluding hydrogens is 168 g/mol. The average Bonchev–Trinajstić information content (AvgIpc) is 1.97. The lowest BCUT2D eigenvalue weighted by atomic mass is 10.0. The third-order valence-electron chi connectivity index (χ3n) is 1.39. The molecule has 0 atom stereocenters. The van der Waals surface area contributed by atoms with Crippen LogP contribution in [0.2, 0.25) is 0 Å². The first-order valence-corrected chi connectivity index (χ1v) is 4.17. The zero-order valence-electron chi connectivity index (χ0n) is 8.79. The highest BCUT2D eigenvalue weighted by Gasteiger charge is 2.19. The van der Waals surface area contributed by atoms with E-state index < -0.39 is 0 Å². The summed E-state index contributed by atoms with van der Waals surface area (Å²) in [5, 5.41) is 5.30. The van der Waals surface area contributed by atoms with Gasteiger partial charge in [0.1, 0.15) is 0 Å². The van der Waals surface area contributed by atoms with Gasteiger partial charge in [-0.3, -0.25) is 9.59 Å². The van der Waals surface area contributed by atoms with Crippen LogP contribution in [0.3, 0.4) is 0 Å². The molecule has 0 aliphatic heterocycles. The zero-order chi connectivity index (χ0) is 10.6. The molecule has 4 heteroatoms. The Morgan fingerprint density at radius 3 is 1.92 bits per heavy atom. The molecule has 13 heavy (non-hydrogen) atoms. The van der Waals surface area contributed by atoms with Crippen LogP contribution in [0.1, 0.15) is 20.8 Å². The quantitative estimate of drug-likeness (QED) is 0.367. The predicted molar refractivity (Wildman–Crippen MR) is 51.6 cm³/mol. The van der Waals surface area contributed by atoms with E-state index in [2.05, 4.69) is 5.10 Å². The molecule has 0 radical (unpaired) electrons. The fourth-order valence-electron chi connectivity index (χ4n) is 0.767. The standard InChI is InChI=1S/C9H16N2O2/c1-6(2)9(13)8(7(3)12)10-11(4)5/h6H,1-5H3/b10-8+. The van der Waals surface area contributed by atoms with Crippen molar-refractivity contribution in [3.8, 4) is 0 Å². The second-order valence-corrected chi connectivity index (χ2v) is 3.37. The predicted octanol–water partition coefficient (Wildman–Crippen LogP) is 0.718. The molecule has 0 aromatic carbocycles. The van der Waals surface area contributed by atoms with E-state index in [-0.39, 0.29) is 23.2 Å². The summed E-state index contributed by atoms with van der Waals surface area (Å²) in [6, 6.07) is 0. The molecule has 0 rings (SSSR count). The Hall–Kier alpha value is -1.19. The van der Waals surface area contributed by atoms with Gasteiger partial charge in [-0.25, -0.2) is 0 Å². The topological polar surface area (TPSA) is 49.7 Å². The number of hydrazone groups is 1. The van der Waals surface area contributed by atoms with Crippen molar-refractivity contribution in [2.75, 3.05) is 14.1 Å². The van der Waals surface area contributed by atoms with Crippen LogP contribution in [-0.4, -0.2) is 36.4 Å². The average molecular weight is 184 g/mol. The molecule has 0 saturated heterocycles. The fourth-order valence-corrected chi connectivity index (χ4v) is 0.767. The Balaban J connectivity index is 4.83. The first-order chi connectivity index (χ1) is 5.86. The Bertz CT molecular complexity index is 242. The molecule has 0 heterocycles. The number of carbonyl (C=O) groups is 2. The van der Waals surface area contributed by atoms with Crippen molar-refractivity contribution in [1.29, 1.82) is 0 Å². The number of nitrogens with zero attached hydrogens (tertiary/aromatic N) is 2. The molecule has 0 saturated carbocycles. The van der Waals surface area contributed by atoms with E-state index in [1.807, 2.05) is 0 Å². The summed E-state index contributed by atoms with van der Waals surface area (Å²) in [6.07, 6.45) is 0. The van der Waals surface area contributed by atoms with Crippen LogP contribution in [0.4, 0.5) is 0 Å². The highest BCUT2D eigenvalue weighted by Crippen LogP contribution is 1.99. The molecule has 0 spiro atoms. The Morgan fingerprint density at radius 2 is 1.69 bits per heavy atom. The highest BCUT2D eigenvalue weighted by atomic mass is 16.2. The first kappa shape index (κ1) is 11.8. The van der Waals surface area contributed by atoms with Gasteiger partial charge < -0.3 is 5.01 Å². The maximum Gasteiger partial charge on any atom is 0.189 e. The normalized spacial score (nSPS) is 11.7. The van der Waals surface area contributed by atoms with Crippen LogP contribution < -0.4 is 0 Å². The smallest absolute Gasteiger partial charge is 0.189 e. The van der Waals surface area contributed by atoms with Crippen LogP contribution >= 0.6 is 0 Å². The van der Waals surface area contributed by atoms with E-state index in [0.29, 0.717) is 0 Å². The number of Topliss-reactive ketones (excluding diaryl/α,β-unsaturated/α-hetero) is 2. The van der Waals surface area contributed by atoms with Gasteiger partial charge in [-0.05, 0) is 0 Å². The molecule has 4 nitrogen and oxygen atoms in total. The van der Waals surface area contributed by atoms with Crippen molar-refractivity contribution >= 4 is 17.3 Å². The van der Waals surface area contributed by atoms with Crippen molar-refractivity contribution in [3.05, 3.63) is 0 Å². The van der Waals surface area contributed by atoms with Crippen molar-refractivity contribution in [1.82, 2.24) is 5.01 Å². The van der Waals surface area contributed by atoms with E-state index >= 15 is 0 Å². The van der Waals surface area contributed by atoms with Crippen LogP contribution in [0, 0.1) is 5.92 Å². The van der Waals surface area contributed by atoms with Crippen molar-refractivity contribution in [2.24, 2.45) is 11.0 Å². The Morgan fingerprint density at radius 1 is 1.23 bits per heavy atom. The number of carbonyl (C=O) groups excluding carboxylic acids is 2. The second-order valence-electron chi connectivity index (χ2n) is 3.37. The van der Waals surface area contributed by atoms with Gasteiger partial charge in [-0.2, -0.15) is 5.10 Å². The molecule has 0 amide bonds. The summed E-state index contributed by atoms with van der Waals surface area (Å²) in [6.45, 7) is 4.84. The minimum Gasteiger partial charge on any atom is -0.302 e. The zero-order valence-corrected chi connectivity index (χ0v) is 8.79. The fraction of sp³-hybridized carbons (Fsp3) is 0.667. The van der Waals surface area contributed by atoms with Crippen molar-refractivity contribution in [3.63, 3.8) is 0 Å². The van der Waals surface area contributed by atoms with Crippen molar-refractivity contribution in [2.45, 2.75) is 20.8 Å². The molecule has 0 bridgehead atoms. The summed E-state index contributed by atoms with van der Waals surface area (Å²) in [4.78, 5) is 22.5. The summed E-state index contributed by atoms with van der Waals surface area (Å²) < 4.78 is 0. The van der Waals surface area contributed by atoms with E-state index in [1.165, 1.54) is 11.9 Å². The van der Waals surface area contributed by atoms with Gasteiger partial charge >= 0.3 is 0 Å². The van der Waals surface area contributed by atoms with E-state index in [4.69, 9.17) is 0 Å². The molecule has 0 aromatic heterocycles. The molecular formula is C9H16N2O2. The molecule has 0 N–H and O–H groups in total. The summed E-state index contributed by atoms with van der Waals surface area (Å²) in [7, 11) is 3.35. The summed E-state index contributed by atoms with van der Waals surface area (Å²) in [5.74, 6) is -0.684. The molecule has 0 aliphatic rings. The lowest BCUT2D eigenvalue weighted by Crippen LogP contribution is -2.28. The second kappa shape index (κ2) is 4.74. The van der Waals surface area contributed by atoms with Crippen LogP contribution in [0.5, 0.6) is 0 Å². The monoisotopic (exact) mass is 184 g/mol.